The van der Waals surface area contributed by atoms with Gasteiger partial charge >= 0.3 is 0 Å². The van der Waals surface area contributed by atoms with Crippen molar-refractivity contribution < 1.29 is 4.79 Å². The number of carbonyl (C=O) groups is 1. The Labute approximate surface area is 68.0 Å². The van der Waals surface area contributed by atoms with Crippen LogP contribution in [0, 0.1) is 0 Å². The van der Waals surface area contributed by atoms with E-state index in [2.05, 4.69) is 4.37 Å². The second kappa shape index (κ2) is 3.12. The predicted molar refractivity (Wildman–Crippen MR) is 41.7 cm³/mol. The van der Waals surface area contributed by atoms with E-state index in [-0.39, 0.29) is 5.78 Å². The van der Waals surface area contributed by atoms with Crippen LogP contribution in [0.25, 0.3) is 0 Å². The van der Waals surface area contributed by atoms with Gasteiger partial charge in [-0.3, -0.25) is 4.79 Å². The van der Waals surface area contributed by atoms with E-state index < -0.39 is 0 Å². The van der Waals surface area contributed by atoms with Gasteiger partial charge in [0.05, 0.1) is 11.2 Å². The quantitative estimate of drug-likeness (QED) is 0.646. The summed E-state index contributed by atoms with van der Waals surface area (Å²) in [4.78, 5) is 11.6. The minimum Gasteiger partial charge on any atom is -0.293 e. The van der Waals surface area contributed by atoms with E-state index in [9.17, 15) is 4.79 Å². The lowest BCUT2D eigenvalue weighted by Crippen LogP contribution is -1.91. The molecular formula is C6H6ClNOS. The normalized spacial score (nSPS) is 9.80. The molecular weight excluding hydrogens is 170 g/mol. The van der Waals surface area contributed by atoms with Crippen LogP contribution >= 0.6 is 23.1 Å². The highest BCUT2D eigenvalue weighted by molar-refractivity contribution is 7.08. The fourth-order valence-electron chi connectivity index (χ4n) is 0.572. The summed E-state index contributed by atoms with van der Waals surface area (Å²) in [5.74, 6) is 0.0625. The molecule has 0 amide bonds. The Morgan fingerprint density at radius 1 is 1.90 bits per heavy atom. The zero-order valence-corrected chi connectivity index (χ0v) is 7.00. The zero-order valence-electron chi connectivity index (χ0n) is 5.43. The molecule has 2 nitrogen and oxygen atoms in total. The predicted octanol–water partition coefficient (Wildman–Crippen LogP) is 2.39. The van der Waals surface area contributed by atoms with Gasteiger partial charge < -0.3 is 0 Å². The van der Waals surface area contributed by atoms with Gasteiger partial charge in [-0.1, -0.05) is 18.5 Å². The summed E-state index contributed by atoms with van der Waals surface area (Å²) >= 11 is 6.79. The maximum absolute atomic E-state index is 11.0. The Hall–Kier alpha value is -0.410. The van der Waals surface area contributed by atoms with Crippen LogP contribution in [-0.2, 0) is 0 Å². The first-order valence-corrected chi connectivity index (χ1v) is 4.04. The molecule has 0 aromatic carbocycles. The highest BCUT2D eigenvalue weighted by Gasteiger charge is 2.09. The third kappa shape index (κ3) is 1.36. The molecule has 0 aliphatic carbocycles. The second-order valence-corrected chi connectivity index (χ2v) is 2.99. The van der Waals surface area contributed by atoms with Gasteiger partial charge in [0, 0.05) is 6.42 Å². The van der Waals surface area contributed by atoms with Crippen LogP contribution in [0.3, 0.4) is 0 Å². The molecule has 0 spiro atoms. The molecule has 0 unspecified atom stereocenters. The molecule has 4 heteroatoms. The number of hydrogen-bond donors (Lipinski definition) is 0. The van der Waals surface area contributed by atoms with Crippen LogP contribution in [-0.4, -0.2) is 10.2 Å². The van der Waals surface area contributed by atoms with Crippen molar-refractivity contribution in [2.75, 3.05) is 0 Å². The van der Waals surface area contributed by atoms with Gasteiger partial charge in [-0.25, -0.2) is 0 Å². The highest BCUT2D eigenvalue weighted by Crippen LogP contribution is 2.20. The van der Waals surface area contributed by atoms with Crippen molar-refractivity contribution in [1.82, 2.24) is 4.37 Å². The molecule has 0 saturated carbocycles. The van der Waals surface area contributed by atoms with Crippen molar-refractivity contribution in [1.29, 1.82) is 0 Å². The molecule has 0 bridgehead atoms. The minimum atomic E-state index is 0.0625. The Morgan fingerprint density at radius 3 is 3.00 bits per heavy atom. The summed E-state index contributed by atoms with van der Waals surface area (Å²) < 4.78 is 3.78. The molecule has 0 saturated heterocycles. The lowest BCUT2D eigenvalue weighted by atomic mass is 10.3. The van der Waals surface area contributed by atoms with E-state index in [1.165, 1.54) is 6.20 Å². The number of nitrogens with zero attached hydrogens (tertiary/aromatic N) is 1. The number of halogens is 1. The molecule has 0 aliphatic heterocycles. The summed E-state index contributed by atoms with van der Waals surface area (Å²) in [5.41, 5.74) is 0. The van der Waals surface area contributed by atoms with Crippen LogP contribution in [0.5, 0.6) is 0 Å². The number of carbonyl (C=O) groups excluding carboxylic acids is 1. The average Bonchev–Trinajstić information content (AvgIpc) is 2.34. The van der Waals surface area contributed by atoms with Crippen molar-refractivity contribution in [3.63, 3.8) is 0 Å². The number of rotatable bonds is 2. The smallest absolute Gasteiger partial charge is 0.175 e. The zero-order chi connectivity index (χ0) is 7.56. The van der Waals surface area contributed by atoms with Crippen molar-refractivity contribution in [3.8, 4) is 0 Å². The van der Waals surface area contributed by atoms with Gasteiger partial charge in [-0.15, -0.1) is 0 Å². The molecule has 0 atom stereocenters. The van der Waals surface area contributed by atoms with Gasteiger partial charge in [-0.2, -0.15) is 4.37 Å². The van der Waals surface area contributed by atoms with Gasteiger partial charge in [0.1, 0.15) is 4.88 Å². The van der Waals surface area contributed by atoms with E-state index in [4.69, 9.17) is 11.6 Å². The Bertz CT molecular complexity index is 246. The maximum atomic E-state index is 11.0. The number of Topliss-reactive ketones (excluding diaryl/α,β-unsaturated/α-hetero) is 1. The monoisotopic (exact) mass is 175 g/mol. The Morgan fingerprint density at radius 2 is 2.60 bits per heavy atom. The SMILES string of the molecule is CCC(=O)c1sncc1Cl. The van der Waals surface area contributed by atoms with E-state index in [0.29, 0.717) is 16.3 Å². The van der Waals surface area contributed by atoms with Gasteiger partial charge in [0.25, 0.3) is 0 Å². The fraction of sp³-hybridized carbons (Fsp3) is 0.333. The molecule has 0 radical (unpaired) electrons. The molecule has 1 rings (SSSR count). The van der Waals surface area contributed by atoms with Crippen LogP contribution < -0.4 is 0 Å². The van der Waals surface area contributed by atoms with E-state index >= 15 is 0 Å². The summed E-state index contributed by atoms with van der Waals surface area (Å²) in [7, 11) is 0. The molecule has 0 aliphatic rings. The molecule has 1 aromatic heterocycles. The summed E-state index contributed by atoms with van der Waals surface area (Å²) in [6.45, 7) is 1.80. The van der Waals surface area contributed by atoms with Crippen molar-refractivity contribution in [2.24, 2.45) is 0 Å². The minimum absolute atomic E-state index is 0.0625. The summed E-state index contributed by atoms with van der Waals surface area (Å²) in [5, 5.41) is 0.469. The lowest BCUT2D eigenvalue weighted by Gasteiger charge is -1.88. The van der Waals surface area contributed by atoms with Gasteiger partial charge in [0.15, 0.2) is 5.78 Å². The topological polar surface area (TPSA) is 30.0 Å². The maximum Gasteiger partial charge on any atom is 0.175 e. The molecule has 1 heterocycles. The average molecular weight is 176 g/mol. The number of aromatic nitrogens is 1. The van der Waals surface area contributed by atoms with Crippen LogP contribution in [0.15, 0.2) is 6.20 Å². The third-order valence-electron chi connectivity index (χ3n) is 1.10. The van der Waals surface area contributed by atoms with Crippen LogP contribution in [0.4, 0.5) is 0 Å². The molecule has 54 valence electrons. The Balaban J connectivity index is 2.93. The van der Waals surface area contributed by atoms with Crippen molar-refractivity contribution in [2.45, 2.75) is 13.3 Å². The van der Waals surface area contributed by atoms with Crippen LogP contribution in [0.1, 0.15) is 23.0 Å². The summed E-state index contributed by atoms with van der Waals surface area (Å²) in [6.07, 6.45) is 1.98. The van der Waals surface area contributed by atoms with E-state index in [0.717, 1.165) is 11.5 Å². The highest BCUT2D eigenvalue weighted by atomic mass is 35.5. The molecule has 0 fully saturated rings. The number of ketones is 1. The molecule has 0 N–H and O–H groups in total. The summed E-state index contributed by atoms with van der Waals surface area (Å²) in [6, 6.07) is 0. The van der Waals surface area contributed by atoms with E-state index in [1.807, 2.05) is 0 Å². The first-order chi connectivity index (χ1) is 4.75. The van der Waals surface area contributed by atoms with Gasteiger partial charge in [-0.05, 0) is 11.5 Å². The lowest BCUT2D eigenvalue weighted by molar-refractivity contribution is 0.0992. The standard InChI is InChI=1S/C6H6ClNOS/c1-2-5(9)6-4(7)3-8-10-6/h3H,2H2,1H3. The van der Waals surface area contributed by atoms with Gasteiger partial charge in [0.2, 0.25) is 0 Å². The van der Waals surface area contributed by atoms with Crippen molar-refractivity contribution >= 4 is 28.9 Å². The molecule has 1 aromatic rings. The third-order valence-corrected chi connectivity index (χ3v) is 2.34. The Kier molecular flexibility index (Phi) is 2.40. The fourth-order valence-corrected chi connectivity index (χ4v) is 1.54. The van der Waals surface area contributed by atoms with E-state index in [1.54, 1.807) is 6.92 Å². The van der Waals surface area contributed by atoms with Crippen molar-refractivity contribution in [3.05, 3.63) is 16.1 Å². The largest absolute Gasteiger partial charge is 0.293 e. The second-order valence-electron chi connectivity index (χ2n) is 1.78. The number of hydrogen-bond acceptors (Lipinski definition) is 3. The van der Waals surface area contributed by atoms with Crippen LogP contribution in [0.2, 0.25) is 5.02 Å². The first kappa shape index (κ1) is 7.69. The molecule has 10 heavy (non-hydrogen) atoms. The first-order valence-electron chi connectivity index (χ1n) is 2.89.